The molecule has 3 rings (SSSR count). The molecular formula is C19H19NO3S. The summed E-state index contributed by atoms with van der Waals surface area (Å²) in [4.78, 5) is 14.2. The number of aromatic nitrogens is 1. The molecule has 0 spiro atoms. The maximum atomic E-state index is 9.94. The molecule has 0 aliphatic heterocycles. The van der Waals surface area contributed by atoms with Crippen LogP contribution in [0.15, 0.2) is 71.5 Å². The highest BCUT2D eigenvalue weighted by atomic mass is 32.1. The summed E-state index contributed by atoms with van der Waals surface area (Å²) in [7, 11) is 0. The van der Waals surface area contributed by atoms with E-state index in [1.54, 1.807) is 0 Å². The standard InChI is InChI=1S/C15H11NO.C4H8O2S/c1-3-7-12(8-4-1)14-15(17-11-16-14)13-9-5-2-6-10-13;1-4(2,7)3(5)6/h1-11H;7H,1-2H3,(H,5,6). The van der Waals surface area contributed by atoms with Gasteiger partial charge in [-0.1, -0.05) is 60.7 Å². The summed E-state index contributed by atoms with van der Waals surface area (Å²) in [5, 5.41) is 8.17. The predicted octanol–water partition coefficient (Wildman–Crippen LogP) is 4.79. The van der Waals surface area contributed by atoms with Crippen LogP contribution < -0.4 is 0 Å². The quantitative estimate of drug-likeness (QED) is 0.673. The lowest BCUT2D eigenvalue weighted by molar-refractivity contribution is -0.138. The zero-order valence-electron chi connectivity index (χ0n) is 13.5. The van der Waals surface area contributed by atoms with Crippen LogP contribution in [0.3, 0.4) is 0 Å². The van der Waals surface area contributed by atoms with Crippen molar-refractivity contribution in [3.05, 3.63) is 67.1 Å². The number of thiol groups is 1. The number of nitrogens with zero attached hydrogens (tertiary/aromatic N) is 1. The number of benzene rings is 2. The van der Waals surface area contributed by atoms with E-state index in [1.807, 2.05) is 60.7 Å². The van der Waals surface area contributed by atoms with E-state index in [0.717, 1.165) is 22.6 Å². The minimum atomic E-state index is -0.893. The molecule has 0 fully saturated rings. The third kappa shape index (κ3) is 4.73. The van der Waals surface area contributed by atoms with Crippen LogP contribution in [0, 0.1) is 0 Å². The van der Waals surface area contributed by atoms with E-state index in [4.69, 9.17) is 9.52 Å². The Kier molecular flexibility index (Phi) is 5.82. The third-order valence-corrected chi connectivity index (χ3v) is 3.37. The number of carbonyl (C=O) groups is 1. The van der Waals surface area contributed by atoms with E-state index in [2.05, 4.69) is 17.6 Å². The predicted molar refractivity (Wildman–Crippen MR) is 98.1 cm³/mol. The van der Waals surface area contributed by atoms with Gasteiger partial charge in [0.25, 0.3) is 0 Å². The first kappa shape index (κ1) is 17.8. The maximum absolute atomic E-state index is 9.94. The Labute approximate surface area is 146 Å². The highest BCUT2D eigenvalue weighted by Gasteiger charge is 2.20. The van der Waals surface area contributed by atoms with Crippen molar-refractivity contribution in [1.29, 1.82) is 0 Å². The number of carboxylic acid groups (broad SMARTS) is 1. The second-order valence-corrected chi connectivity index (χ2v) is 6.74. The molecule has 1 N–H and O–H groups in total. The largest absolute Gasteiger partial charge is 0.480 e. The van der Waals surface area contributed by atoms with Gasteiger partial charge in [-0.15, -0.1) is 0 Å². The van der Waals surface area contributed by atoms with E-state index in [9.17, 15) is 4.79 Å². The van der Waals surface area contributed by atoms with Gasteiger partial charge < -0.3 is 9.52 Å². The van der Waals surface area contributed by atoms with Crippen molar-refractivity contribution in [2.75, 3.05) is 0 Å². The van der Waals surface area contributed by atoms with Crippen molar-refractivity contribution in [2.24, 2.45) is 0 Å². The highest BCUT2D eigenvalue weighted by molar-refractivity contribution is 7.82. The van der Waals surface area contributed by atoms with Crippen LogP contribution in [0.25, 0.3) is 22.6 Å². The molecule has 5 heteroatoms. The average molecular weight is 341 g/mol. The Morgan fingerprint density at radius 2 is 1.46 bits per heavy atom. The fourth-order valence-electron chi connectivity index (χ4n) is 1.84. The molecule has 4 nitrogen and oxygen atoms in total. The molecule has 3 aromatic rings. The van der Waals surface area contributed by atoms with Crippen molar-refractivity contribution >= 4 is 18.6 Å². The normalized spacial score (nSPS) is 10.6. The SMILES string of the molecule is CC(C)(S)C(=O)O.c1ccc(-c2ncoc2-c2ccccc2)cc1. The molecule has 0 aliphatic rings. The van der Waals surface area contributed by atoms with E-state index < -0.39 is 10.7 Å². The maximum Gasteiger partial charge on any atom is 0.318 e. The second kappa shape index (κ2) is 7.84. The smallest absolute Gasteiger partial charge is 0.318 e. The molecule has 0 saturated heterocycles. The summed E-state index contributed by atoms with van der Waals surface area (Å²) in [5.74, 6) is -0.0763. The average Bonchev–Trinajstić information content (AvgIpc) is 3.06. The van der Waals surface area contributed by atoms with Crippen molar-refractivity contribution < 1.29 is 14.3 Å². The van der Waals surface area contributed by atoms with Crippen LogP contribution in [0.2, 0.25) is 0 Å². The summed E-state index contributed by atoms with van der Waals surface area (Å²) in [6, 6.07) is 20.1. The van der Waals surface area contributed by atoms with Crippen LogP contribution in [-0.4, -0.2) is 20.8 Å². The Bertz CT molecular complexity index is 723. The number of aliphatic carboxylic acids is 1. The van der Waals surface area contributed by atoms with E-state index in [0.29, 0.717) is 0 Å². The van der Waals surface area contributed by atoms with Gasteiger partial charge in [-0.05, 0) is 13.8 Å². The Balaban J connectivity index is 0.000000256. The second-order valence-electron chi connectivity index (χ2n) is 5.63. The fourth-order valence-corrected chi connectivity index (χ4v) is 1.84. The number of hydrogen-bond donors (Lipinski definition) is 2. The zero-order valence-corrected chi connectivity index (χ0v) is 14.4. The summed E-state index contributed by atoms with van der Waals surface area (Å²) in [5.41, 5.74) is 3.00. The number of hydrogen-bond acceptors (Lipinski definition) is 4. The monoisotopic (exact) mass is 341 g/mol. The first-order valence-electron chi connectivity index (χ1n) is 7.39. The summed E-state index contributed by atoms with van der Waals surface area (Å²) in [6.07, 6.45) is 1.49. The summed E-state index contributed by atoms with van der Waals surface area (Å²) in [6.45, 7) is 3.05. The first-order valence-corrected chi connectivity index (χ1v) is 7.84. The number of carboxylic acids is 1. The van der Waals surface area contributed by atoms with Gasteiger partial charge in [-0.2, -0.15) is 12.6 Å². The zero-order chi connectivity index (χ0) is 17.6. The molecule has 0 atom stereocenters. The van der Waals surface area contributed by atoms with Crippen LogP contribution in [0.5, 0.6) is 0 Å². The van der Waals surface area contributed by atoms with Crippen molar-refractivity contribution in [1.82, 2.24) is 4.98 Å². The molecule has 0 aliphatic carbocycles. The van der Waals surface area contributed by atoms with Crippen LogP contribution in [0.4, 0.5) is 0 Å². The van der Waals surface area contributed by atoms with Gasteiger partial charge in [0.05, 0.1) is 0 Å². The van der Waals surface area contributed by atoms with Gasteiger partial charge in [0.2, 0.25) is 0 Å². The van der Waals surface area contributed by atoms with Crippen molar-refractivity contribution in [2.45, 2.75) is 18.6 Å². The van der Waals surface area contributed by atoms with Gasteiger partial charge in [0.1, 0.15) is 10.4 Å². The minimum absolute atomic E-state index is 0.816. The molecule has 0 amide bonds. The molecular weight excluding hydrogens is 322 g/mol. The molecule has 124 valence electrons. The lowest BCUT2D eigenvalue weighted by Crippen LogP contribution is -2.23. The van der Waals surface area contributed by atoms with Crippen LogP contribution >= 0.6 is 12.6 Å². The topological polar surface area (TPSA) is 63.3 Å². The van der Waals surface area contributed by atoms with Gasteiger partial charge in [-0.3, -0.25) is 4.79 Å². The first-order chi connectivity index (χ1) is 11.4. The van der Waals surface area contributed by atoms with Crippen molar-refractivity contribution in [3.8, 4) is 22.6 Å². The van der Waals surface area contributed by atoms with E-state index in [-0.39, 0.29) is 0 Å². The highest BCUT2D eigenvalue weighted by Crippen LogP contribution is 2.30. The minimum Gasteiger partial charge on any atom is -0.480 e. The van der Waals surface area contributed by atoms with Gasteiger partial charge in [0, 0.05) is 11.1 Å². The molecule has 24 heavy (non-hydrogen) atoms. The van der Waals surface area contributed by atoms with Gasteiger partial charge >= 0.3 is 5.97 Å². The van der Waals surface area contributed by atoms with Gasteiger partial charge in [0.15, 0.2) is 12.2 Å². The molecule has 0 unspecified atom stereocenters. The lowest BCUT2D eigenvalue weighted by Gasteiger charge is -2.07. The molecule has 2 aromatic carbocycles. The molecule has 0 radical (unpaired) electrons. The van der Waals surface area contributed by atoms with Crippen molar-refractivity contribution in [3.63, 3.8) is 0 Å². The third-order valence-electron chi connectivity index (χ3n) is 3.17. The molecule has 0 saturated carbocycles. The van der Waals surface area contributed by atoms with Crippen LogP contribution in [0.1, 0.15) is 13.8 Å². The molecule has 1 aromatic heterocycles. The summed E-state index contributed by atoms with van der Waals surface area (Å²) < 4.78 is 4.61. The Morgan fingerprint density at radius 3 is 1.92 bits per heavy atom. The molecule has 0 bridgehead atoms. The number of rotatable bonds is 3. The van der Waals surface area contributed by atoms with E-state index >= 15 is 0 Å². The fraction of sp³-hybridized carbons (Fsp3) is 0.158. The van der Waals surface area contributed by atoms with E-state index in [1.165, 1.54) is 20.2 Å². The Morgan fingerprint density at radius 1 is 1.00 bits per heavy atom. The van der Waals surface area contributed by atoms with Crippen LogP contribution in [-0.2, 0) is 4.79 Å². The molecule has 1 heterocycles. The van der Waals surface area contributed by atoms with Gasteiger partial charge in [-0.25, -0.2) is 4.98 Å². The summed E-state index contributed by atoms with van der Waals surface area (Å²) >= 11 is 3.75. The lowest BCUT2D eigenvalue weighted by atomic mass is 10.1. The Hall–Kier alpha value is -2.53. The number of oxazole rings is 1.